The first-order chi connectivity index (χ1) is 5.16. The fourth-order valence-corrected chi connectivity index (χ4v) is 0.354. The largest absolute Gasteiger partial charge is 0.480 e. The summed E-state index contributed by atoms with van der Waals surface area (Å²) in [6, 6.07) is 0. The molecule has 0 aliphatic rings. The van der Waals surface area contributed by atoms with Crippen LogP contribution < -0.4 is 5.32 Å². The molecule has 0 saturated heterocycles. The third kappa shape index (κ3) is 6.25. The van der Waals surface area contributed by atoms with Gasteiger partial charge in [0, 0.05) is 0 Å². The van der Waals surface area contributed by atoms with Gasteiger partial charge in [-0.2, -0.15) is 0 Å². The summed E-state index contributed by atoms with van der Waals surface area (Å²) in [5, 5.41) is 10.6. The minimum absolute atomic E-state index is 0.0887. The Bertz CT molecular complexity index is 192. The van der Waals surface area contributed by atoms with Gasteiger partial charge in [-0.3, -0.25) is 4.79 Å². The third-order valence-electron chi connectivity index (χ3n) is 0.767. The lowest BCUT2D eigenvalue weighted by molar-refractivity contribution is -0.136. The topological polar surface area (TPSA) is 58.6 Å². The quantitative estimate of drug-likeness (QED) is 0.425. The minimum atomic E-state index is -0.976. The number of terminal acetylenes is 1. The van der Waals surface area contributed by atoms with Crippen molar-refractivity contribution in [2.45, 2.75) is 0 Å². The first kappa shape index (κ1) is 9.37. The molecule has 0 aliphatic carbocycles. The number of hydrogen-bond donors (Lipinski definition) is 2. The number of hydrogen-bond acceptors (Lipinski definition) is 3. The molecule has 0 heterocycles. The molecule has 0 aromatic heterocycles. The summed E-state index contributed by atoms with van der Waals surface area (Å²) in [5.41, 5.74) is 0. The zero-order chi connectivity index (χ0) is 8.69. The van der Waals surface area contributed by atoms with Gasteiger partial charge in [-0.15, -0.1) is 6.42 Å². The Morgan fingerprint density at radius 1 is 1.82 bits per heavy atom. The molecule has 2 N–H and O–H groups in total. The molecule has 60 valence electrons. The average Bonchev–Trinajstić information content (AvgIpc) is 1.97. The smallest absolute Gasteiger partial charge is 0.322 e. The second kappa shape index (κ2) is 5.18. The van der Waals surface area contributed by atoms with E-state index in [0.717, 1.165) is 0 Å². The number of aliphatic carboxylic acids is 1. The Kier molecular flexibility index (Phi) is 4.41. The van der Waals surface area contributed by atoms with E-state index in [1.54, 1.807) is 0 Å². The van der Waals surface area contributed by atoms with Crippen molar-refractivity contribution < 1.29 is 14.6 Å². The van der Waals surface area contributed by atoms with Crippen molar-refractivity contribution in [2.24, 2.45) is 0 Å². The van der Waals surface area contributed by atoms with Crippen molar-refractivity contribution in [1.29, 1.82) is 0 Å². The molecule has 0 aromatic rings. The highest BCUT2D eigenvalue weighted by molar-refractivity contribution is 5.69. The van der Waals surface area contributed by atoms with Crippen molar-refractivity contribution >= 4 is 5.97 Å². The highest BCUT2D eigenvalue weighted by atomic mass is 16.5. The van der Waals surface area contributed by atoms with Crippen LogP contribution in [-0.2, 0) is 9.53 Å². The summed E-state index contributed by atoms with van der Waals surface area (Å²) in [4.78, 5) is 9.98. The normalized spacial score (nSPS) is 7.91. The van der Waals surface area contributed by atoms with Crippen molar-refractivity contribution in [1.82, 2.24) is 5.32 Å². The zero-order valence-corrected chi connectivity index (χ0v) is 5.96. The molecule has 0 radical (unpaired) electrons. The van der Waals surface area contributed by atoms with Crippen molar-refractivity contribution in [3.8, 4) is 12.3 Å². The van der Waals surface area contributed by atoms with E-state index in [1.807, 2.05) is 0 Å². The van der Waals surface area contributed by atoms with Crippen LogP contribution in [0, 0.1) is 12.3 Å². The maximum absolute atomic E-state index is 9.98. The minimum Gasteiger partial charge on any atom is -0.480 e. The van der Waals surface area contributed by atoms with Crippen LogP contribution >= 0.6 is 0 Å². The SMILES string of the molecule is C#CCOC(=C)NCC(=O)O. The first-order valence-electron chi connectivity index (χ1n) is 2.87. The van der Waals surface area contributed by atoms with Gasteiger partial charge in [0.25, 0.3) is 0 Å². The molecule has 0 aromatic carbocycles. The second-order valence-electron chi connectivity index (χ2n) is 1.66. The lowest BCUT2D eigenvalue weighted by Gasteiger charge is -2.05. The number of rotatable bonds is 5. The van der Waals surface area contributed by atoms with Gasteiger partial charge in [0.15, 0.2) is 5.88 Å². The number of carboxylic acid groups (broad SMARTS) is 1. The summed E-state index contributed by atoms with van der Waals surface area (Å²) >= 11 is 0. The second-order valence-corrected chi connectivity index (χ2v) is 1.66. The lowest BCUT2D eigenvalue weighted by Crippen LogP contribution is -2.22. The monoisotopic (exact) mass is 155 g/mol. The fourth-order valence-electron chi connectivity index (χ4n) is 0.354. The molecule has 0 amide bonds. The summed E-state index contributed by atoms with van der Waals surface area (Å²) < 4.78 is 4.74. The van der Waals surface area contributed by atoms with E-state index in [1.165, 1.54) is 0 Å². The highest BCUT2D eigenvalue weighted by Crippen LogP contribution is 1.84. The van der Waals surface area contributed by atoms with Gasteiger partial charge in [0.05, 0.1) is 0 Å². The van der Waals surface area contributed by atoms with Gasteiger partial charge in [-0.05, 0) is 6.58 Å². The number of carboxylic acids is 1. The molecule has 4 nitrogen and oxygen atoms in total. The van der Waals surface area contributed by atoms with Crippen LogP contribution in [0.1, 0.15) is 0 Å². The predicted octanol–water partition coefficient (Wildman–Crippen LogP) is -0.218. The zero-order valence-electron chi connectivity index (χ0n) is 5.96. The molecule has 0 fully saturated rings. The molecule has 11 heavy (non-hydrogen) atoms. The van der Waals surface area contributed by atoms with Crippen LogP contribution in [0.15, 0.2) is 12.5 Å². The molecular weight excluding hydrogens is 146 g/mol. The maximum Gasteiger partial charge on any atom is 0.322 e. The number of carbonyl (C=O) groups is 1. The summed E-state index contributed by atoms with van der Waals surface area (Å²) in [6.07, 6.45) is 4.87. The Labute approximate surface area is 64.9 Å². The lowest BCUT2D eigenvalue weighted by atomic mass is 10.6. The third-order valence-corrected chi connectivity index (χ3v) is 0.767. The van der Waals surface area contributed by atoms with Gasteiger partial charge in [-0.25, -0.2) is 0 Å². The summed E-state index contributed by atoms with van der Waals surface area (Å²) in [7, 11) is 0. The molecule has 0 bridgehead atoms. The Morgan fingerprint density at radius 2 is 2.45 bits per heavy atom. The molecule has 0 atom stereocenters. The van der Waals surface area contributed by atoms with E-state index in [0.29, 0.717) is 0 Å². The molecule has 0 saturated carbocycles. The van der Waals surface area contributed by atoms with Crippen molar-refractivity contribution in [3.05, 3.63) is 12.5 Å². The number of ether oxygens (including phenoxy) is 1. The Morgan fingerprint density at radius 3 is 2.91 bits per heavy atom. The average molecular weight is 155 g/mol. The van der Waals surface area contributed by atoms with Crippen LogP contribution in [0.4, 0.5) is 0 Å². The molecule has 0 unspecified atom stereocenters. The summed E-state index contributed by atoms with van der Waals surface area (Å²) in [5.74, 6) is 1.41. The van der Waals surface area contributed by atoms with Crippen LogP contribution in [0.25, 0.3) is 0 Å². The van der Waals surface area contributed by atoms with Crippen LogP contribution in [-0.4, -0.2) is 24.2 Å². The van der Waals surface area contributed by atoms with Gasteiger partial charge >= 0.3 is 5.97 Å². The first-order valence-corrected chi connectivity index (χ1v) is 2.87. The summed E-state index contributed by atoms with van der Waals surface area (Å²) in [6.45, 7) is 3.24. The Hall–Kier alpha value is -1.63. The van der Waals surface area contributed by atoms with E-state index in [4.69, 9.17) is 16.3 Å². The standard InChI is InChI=1S/C7H9NO3/c1-3-4-11-6(2)8-5-7(9)10/h1,8H,2,4-5H2,(H,9,10). The van der Waals surface area contributed by atoms with Crippen molar-refractivity contribution in [2.75, 3.05) is 13.2 Å². The molecular formula is C7H9NO3. The van der Waals surface area contributed by atoms with Gasteiger partial charge < -0.3 is 15.2 Å². The molecule has 0 spiro atoms. The predicted molar refractivity (Wildman–Crippen MR) is 39.6 cm³/mol. The maximum atomic E-state index is 9.98. The molecule has 0 aliphatic heterocycles. The Balaban J connectivity index is 3.39. The van der Waals surface area contributed by atoms with Gasteiger partial charge in [0.2, 0.25) is 0 Å². The highest BCUT2D eigenvalue weighted by Gasteiger charge is 1.96. The molecule has 4 heteroatoms. The van der Waals surface area contributed by atoms with Gasteiger partial charge in [-0.1, -0.05) is 5.92 Å². The van der Waals surface area contributed by atoms with Gasteiger partial charge in [0.1, 0.15) is 13.2 Å². The fraction of sp³-hybridized carbons (Fsp3) is 0.286. The van der Waals surface area contributed by atoms with Crippen LogP contribution in [0.2, 0.25) is 0 Å². The van der Waals surface area contributed by atoms with E-state index in [9.17, 15) is 4.79 Å². The molecule has 0 rings (SSSR count). The van der Waals surface area contributed by atoms with E-state index in [-0.39, 0.29) is 19.0 Å². The van der Waals surface area contributed by atoms with Crippen LogP contribution in [0.5, 0.6) is 0 Å². The van der Waals surface area contributed by atoms with E-state index in [2.05, 4.69) is 17.8 Å². The van der Waals surface area contributed by atoms with E-state index < -0.39 is 5.97 Å². The van der Waals surface area contributed by atoms with Crippen LogP contribution in [0.3, 0.4) is 0 Å². The number of nitrogens with one attached hydrogen (secondary N) is 1. The van der Waals surface area contributed by atoms with Crippen molar-refractivity contribution in [3.63, 3.8) is 0 Å². The van der Waals surface area contributed by atoms with E-state index >= 15 is 0 Å².